The van der Waals surface area contributed by atoms with Crippen LogP contribution in [0, 0.1) is 5.92 Å². The van der Waals surface area contributed by atoms with E-state index >= 15 is 0 Å². The highest BCUT2D eigenvalue weighted by molar-refractivity contribution is 5.88. The topological polar surface area (TPSA) is 79.2 Å². The van der Waals surface area contributed by atoms with Crippen LogP contribution >= 0.6 is 0 Å². The average Bonchev–Trinajstić information content (AvgIpc) is 3.16. The molecule has 0 unspecified atom stereocenters. The van der Waals surface area contributed by atoms with Gasteiger partial charge in [-0.1, -0.05) is 20.8 Å². The molecule has 136 valence electrons. The van der Waals surface area contributed by atoms with Crippen LogP contribution in [0.2, 0.25) is 0 Å². The number of rotatable bonds is 5. The van der Waals surface area contributed by atoms with Gasteiger partial charge in [0.05, 0.1) is 11.2 Å². The Hall–Kier alpha value is -1.56. The number of aliphatic hydroxyl groups excluding tert-OH is 1. The number of urea groups is 1. The Kier molecular flexibility index (Phi) is 5.28. The van der Waals surface area contributed by atoms with E-state index in [4.69, 9.17) is 5.10 Å². The number of hydrogen-bond acceptors (Lipinski definition) is 3. The van der Waals surface area contributed by atoms with Crippen molar-refractivity contribution in [2.45, 2.75) is 77.8 Å². The smallest absolute Gasteiger partial charge is 0.320 e. The van der Waals surface area contributed by atoms with Crippen molar-refractivity contribution in [2.75, 3.05) is 11.9 Å². The fourth-order valence-corrected chi connectivity index (χ4v) is 2.73. The molecule has 1 fully saturated rings. The maximum atomic E-state index is 12.4. The van der Waals surface area contributed by atoms with Crippen molar-refractivity contribution in [3.63, 3.8) is 0 Å². The van der Waals surface area contributed by atoms with Crippen LogP contribution in [-0.4, -0.2) is 33.6 Å². The molecule has 1 aliphatic rings. The molecular formula is C18H32N4O2. The highest BCUT2D eigenvalue weighted by Crippen LogP contribution is 2.34. The van der Waals surface area contributed by atoms with Crippen molar-refractivity contribution < 1.29 is 9.90 Å². The molecule has 1 heterocycles. The minimum Gasteiger partial charge on any atom is -0.396 e. The second kappa shape index (κ2) is 6.75. The summed E-state index contributed by atoms with van der Waals surface area (Å²) in [5, 5.41) is 19.8. The van der Waals surface area contributed by atoms with Gasteiger partial charge in [-0.25, -0.2) is 9.48 Å². The van der Waals surface area contributed by atoms with Crippen molar-refractivity contribution in [2.24, 2.45) is 5.92 Å². The third-order valence-corrected chi connectivity index (χ3v) is 4.30. The molecule has 1 aromatic heterocycles. The molecule has 6 nitrogen and oxygen atoms in total. The number of nitrogens with one attached hydrogen (secondary N) is 2. The van der Waals surface area contributed by atoms with Crippen LogP contribution in [0.15, 0.2) is 6.07 Å². The molecule has 1 saturated carbocycles. The monoisotopic (exact) mass is 336 g/mol. The summed E-state index contributed by atoms with van der Waals surface area (Å²) < 4.78 is 1.87. The number of anilines is 1. The second-order valence-corrected chi connectivity index (χ2v) is 8.80. The summed E-state index contributed by atoms with van der Waals surface area (Å²) in [6.45, 7) is 12.6. The third kappa shape index (κ3) is 4.72. The summed E-state index contributed by atoms with van der Waals surface area (Å²) >= 11 is 0. The SMILES string of the molecule is CC(C)(C)c1cc(NC(=O)N[C@H](CCO)C2CC2)n(C(C)(C)C)n1. The van der Waals surface area contributed by atoms with Gasteiger partial charge in [-0.3, -0.25) is 5.32 Å². The zero-order valence-electron chi connectivity index (χ0n) is 15.8. The first-order valence-electron chi connectivity index (χ1n) is 8.82. The third-order valence-electron chi connectivity index (χ3n) is 4.30. The molecule has 1 atom stereocenters. The van der Waals surface area contributed by atoms with E-state index in [0.717, 1.165) is 18.5 Å². The molecule has 2 rings (SSSR count). The van der Waals surface area contributed by atoms with Crippen LogP contribution in [0.4, 0.5) is 10.6 Å². The quantitative estimate of drug-likeness (QED) is 0.772. The number of carbonyl (C=O) groups excluding carboxylic acids is 1. The molecule has 0 spiro atoms. The summed E-state index contributed by atoms with van der Waals surface area (Å²) in [6, 6.07) is 1.76. The number of amides is 2. The lowest BCUT2D eigenvalue weighted by atomic mass is 9.92. The zero-order valence-corrected chi connectivity index (χ0v) is 15.8. The van der Waals surface area contributed by atoms with Gasteiger partial charge in [0.2, 0.25) is 0 Å². The maximum Gasteiger partial charge on any atom is 0.320 e. The number of hydrogen-bond donors (Lipinski definition) is 3. The number of nitrogens with zero attached hydrogens (tertiary/aromatic N) is 2. The maximum absolute atomic E-state index is 12.4. The standard InChI is InChI=1S/C18H32N4O2/c1-17(2,3)14-11-15(22(21-14)18(4,5)6)20-16(24)19-13(9-10-23)12-7-8-12/h11-13,23H,7-10H2,1-6H3,(H2,19,20,24)/t13-/m1/s1. The van der Waals surface area contributed by atoms with Gasteiger partial charge in [-0.2, -0.15) is 5.10 Å². The van der Waals surface area contributed by atoms with Crippen molar-refractivity contribution in [3.05, 3.63) is 11.8 Å². The molecular weight excluding hydrogens is 304 g/mol. The first-order chi connectivity index (χ1) is 11.0. The molecule has 0 radical (unpaired) electrons. The summed E-state index contributed by atoms with van der Waals surface area (Å²) in [5.41, 5.74) is 0.631. The Bertz CT molecular complexity index is 577. The van der Waals surface area contributed by atoms with Crippen molar-refractivity contribution in [1.82, 2.24) is 15.1 Å². The van der Waals surface area contributed by atoms with Gasteiger partial charge in [-0.05, 0) is 46.0 Å². The highest BCUT2D eigenvalue weighted by atomic mass is 16.3. The van der Waals surface area contributed by atoms with E-state index in [1.54, 1.807) is 0 Å². The van der Waals surface area contributed by atoms with E-state index in [2.05, 4.69) is 52.2 Å². The molecule has 2 amide bonds. The van der Waals surface area contributed by atoms with Gasteiger partial charge in [-0.15, -0.1) is 0 Å². The Labute approximate surface area is 145 Å². The first kappa shape index (κ1) is 18.8. The van der Waals surface area contributed by atoms with E-state index in [0.29, 0.717) is 18.2 Å². The van der Waals surface area contributed by atoms with Crippen LogP contribution in [0.25, 0.3) is 0 Å². The van der Waals surface area contributed by atoms with E-state index in [-0.39, 0.29) is 29.6 Å². The summed E-state index contributed by atoms with van der Waals surface area (Å²) in [6.07, 6.45) is 2.85. The molecule has 1 aliphatic carbocycles. The van der Waals surface area contributed by atoms with Gasteiger partial charge >= 0.3 is 6.03 Å². The van der Waals surface area contributed by atoms with Crippen LogP contribution in [0.3, 0.4) is 0 Å². The Morgan fingerprint density at radius 1 is 1.33 bits per heavy atom. The highest BCUT2D eigenvalue weighted by Gasteiger charge is 2.32. The number of aromatic nitrogens is 2. The van der Waals surface area contributed by atoms with Gasteiger partial charge in [0.25, 0.3) is 0 Å². The van der Waals surface area contributed by atoms with E-state index in [1.165, 1.54) is 0 Å². The van der Waals surface area contributed by atoms with Crippen molar-refractivity contribution in [1.29, 1.82) is 0 Å². The van der Waals surface area contributed by atoms with Gasteiger partial charge in [0.15, 0.2) is 0 Å². The molecule has 6 heteroatoms. The minimum atomic E-state index is -0.230. The van der Waals surface area contributed by atoms with Crippen LogP contribution in [0.5, 0.6) is 0 Å². The lowest BCUT2D eigenvalue weighted by molar-refractivity contribution is 0.234. The molecule has 0 saturated heterocycles. The number of carbonyl (C=O) groups is 1. The van der Waals surface area contributed by atoms with Gasteiger partial charge < -0.3 is 10.4 Å². The molecule has 0 bridgehead atoms. The second-order valence-electron chi connectivity index (χ2n) is 8.80. The van der Waals surface area contributed by atoms with Crippen LogP contribution in [-0.2, 0) is 11.0 Å². The molecule has 0 aromatic carbocycles. The fourth-order valence-electron chi connectivity index (χ4n) is 2.73. The predicted octanol–water partition coefficient (Wildman–Crippen LogP) is 3.22. The first-order valence-corrected chi connectivity index (χ1v) is 8.82. The molecule has 0 aliphatic heterocycles. The molecule has 24 heavy (non-hydrogen) atoms. The summed E-state index contributed by atoms with van der Waals surface area (Å²) in [7, 11) is 0. The van der Waals surface area contributed by atoms with E-state index in [1.807, 2.05) is 10.7 Å². The van der Waals surface area contributed by atoms with Crippen molar-refractivity contribution in [3.8, 4) is 0 Å². The summed E-state index contributed by atoms with van der Waals surface area (Å²) in [4.78, 5) is 12.4. The normalized spacial score (nSPS) is 16.8. The van der Waals surface area contributed by atoms with E-state index < -0.39 is 0 Å². The lowest BCUT2D eigenvalue weighted by Gasteiger charge is -2.23. The van der Waals surface area contributed by atoms with Gasteiger partial charge in [0.1, 0.15) is 5.82 Å². The van der Waals surface area contributed by atoms with E-state index in [9.17, 15) is 9.90 Å². The average molecular weight is 336 g/mol. The van der Waals surface area contributed by atoms with Crippen molar-refractivity contribution >= 4 is 11.8 Å². The predicted molar refractivity (Wildman–Crippen MR) is 96.3 cm³/mol. The molecule has 3 N–H and O–H groups in total. The minimum absolute atomic E-state index is 0.0445. The number of aliphatic hydroxyl groups is 1. The lowest BCUT2D eigenvalue weighted by Crippen LogP contribution is -2.40. The largest absolute Gasteiger partial charge is 0.396 e. The zero-order chi connectivity index (χ0) is 18.1. The van der Waals surface area contributed by atoms with Crippen LogP contribution < -0.4 is 10.6 Å². The summed E-state index contributed by atoms with van der Waals surface area (Å²) in [5.74, 6) is 1.20. The Morgan fingerprint density at radius 3 is 2.42 bits per heavy atom. The van der Waals surface area contributed by atoms with Gasteiger partial charge in [0, 0.05) is 24.1 Å². The van der Waals surface area contributed by atoms with Crippen LogP contribution in [0.1, 0.15) is 66.5 Å². The fraction of sp³-hybridized carbons (Fsp3) is 0.778. The molecule has 1 aromatic rings. The Morgan fingerprint density at radius 2 is 1.96 bits per heavy atom. The Balaban J connectivity index is 2.15.